The molecular weight excluding hydrogens is 328 g/mol. The lowest BCUT2D eigenvalue weighted by Crippen LogP contribution is -2.28. The Hall–Kier alpha value is -2.40. The summed E-state index contributed by atoms with van der Waals surface area (Å²) in [6.45, 7) is 2.29. The first kappa shape index (κ1) is 17.9. The molecule has 0 spiro atoms. The van der Waals surface area contributed by atoms with Gasteiger partial charge < -0.3 is 9.64 Å². The molecule has 1 aromatic heterocycles. The molecule has 0 aliphatic heterocycles. The SMILES string of the molecule is COC(=O)c1ccc(CN(C)C(=O)Cc2ccc(Cl)nc2C)cc1. The number of esters is 1. The van der Waals surface area contributed by atoms with E-state index in [0.717, 1.165) is 16.8 Å². The zero-order valence-electron chi connectivity index (χ0n) is 13.9. The first-order valence-corrected chi connectivity index (χ1v) is 7.81. The van der Waals surface area contributed by atoms with Gasteiger partial charge in [0.25, 0.3) is 0 Å². The molecule has 6 heteroatoms. The van der Waals surface area contributed by atoms with Crippen LogP contribution in [-0.2, 0) is 22.5 Å². The molecule has 2 aromatic rings. The van der Waals surface area contributed by atoms with Crippen LogP contribution in [0.3, 0.4) is 0 Å². The molecule has 0 aliphatic rings. The predicted molar refractivity (Wildman–Crippen MR) is 91.9 cm³/mol. The van der Waals surface area contributed by atoms with E-state index >= 15 is 0 Å². The zero-order chi connectivity index (χ0) is 17.7. The Bertz CT molecular complexity index is 744. The first-order valence-electron chi connectivity index (χ1n) is 7.44. The Morgan fingerprint density at radius 2 is 1.83 bits per heavy atom. The highest BCUT2D eigenvalue weighted by Crippen LogP contribution is 2.13. The number of aromatic nitrogens is 1. The number of benzene rings is 1. The summed E-state index contributed by atoms with van der Waals surface area (Å²) in [4.78, 5) is 29.6. The first-order chi connectivity index (χ1) is 11.4. The molecular formula is C18H19ClN2O3. The number of carbonyl (C=O) groups excluding carboxylic acids is 2. The molecule has 0 radical (unpaired) electrons. The van der Waals surface area contributed by atoms with Crippen molar-refractivity contribution in [1.82, 2.24) is 9.88 Å². The highest BCUT2D eigenvalue weighted by molar-refractivity contribution is 6.29. The molecule has 0 bridgehead atoms. The molecule has 1 aromatic carbocycles. The van der Waals surface area contributed by atoms with Crippen molar-refractivity contribution < 1.29 is 14.3 Å². The Morgan fingerprint density at radius 3 is 2.42 bits per heavy atom. The van der Waals surface area contributed by atoms with Crippen molar-refractivity contribution in [2.24, 2.45) is 0 Å². The molecule has 126 valence electrons. The van der Waals surface area contributed by atoms with Crippen molar-refractivity contribution in [3.63, 3.8) is 0 Å². The Morgan fingerprint density at radius 1 is 1.17 bits per heavy atom. The number of nitrogens with zero attached hydrogens (tertiary/aromatic N) is 2. The summed E-state index contributed by atoms with van der Waals surface area (Å²) in [7, 11) is 3.09. The maximum atomic E-state index is 12.4. The van der Waals surface area contributed by atoms with E-state index < -0.39 is 0 Å². The monoisotopic (exact) mass is 346 g/mol. The van der Waals surface area contributed by atoms with Crippen LogP contribution in [0, 0.1) is 6.92 Å². The number of methoxy groups -OCH3 is 1. The quantitative estimate of drug-likeness (QED) is 0.616. The third-order valence-electron chi connectivity index (χ3n) is 3.72. The van der Waals surface area contributed by atoms with Crippen molar-refractivity contribution in [1.29, 1.82) is 0 Å². The summed E-state index contributed by atoms with van der Waals surface area (Å²) >= 11 is 5.83. The molecule has 0 atom stereocenters. The maximum Gasteiger partial charge on any atom is 0.337 e. The van der Waals surface area contributed by atoms with Crippen LogP contribution in [-0.4, -0.2) is 35.9 Å². The standard InChI is InChI=1S/C18H19ClN2O3/c1-12-15(8-9-16(19)20-12)10-17(22)21(2)11-13-4-6-14(7-5-13)18(23)24-3/h4-9H,10-11H2,1-3H3. The highest BCUT2D eigenvalue weighted by Gasteiger charge is 2.13. The van der Waals surface area contributed by atoms with Gasteiger partial charge in [-0.05, 0) is 36.2 Å². The number of rotatable bonds is 5. The number of pyridine rings is 1. The molecule has 0 N–H and O–H groups in total. The van der Waals surface area contributed by atoms with E-state index in [4.69, 9.17) is 11.6 Å². The maximum absolute atomic E-state index is 12.4. The molecule has 0 saturated carbocycles. The normalized spacial score (nSPS) is 10.3. The largest absolute Gasteiger partial charge is 0.465 e. The van der Waals surface area contributed by atoms with Gasteiger partial charge in [-0.25, -0.2) is 9.78 Å². The third-order valence-corrected chi connectivity index (χ3v) is 3.93. The van der Waals surface area contributed by atoms with E-state index in [1.807, 2.05) is 25.1 Å². The average molecular weight is 347 g/mol. The van der Waals surface area contributed by atoms with Crippen LogP contribution in [0.25, 0.3) is 0 Å². The molecule has 0 fully saturated rings. The van der Waals surface area contributed by atoms with Crippen LogP contribution in [0.5, 0.6) is 0 Å². The number of ether oxygens (including phenoxy) is 1. The lowest BCUT2D eigenvalue weighted by molar-refractivity contribution is -0.129. The van der Waals surface area contributed by atoms with E-state index in [1.165, 1.54) is 7.11 Å². The van der Waals surface area contributed by atoms with Gasteiger partial charge in [-0.3, -0.25) is 4.79 Å². The summed E-state index contributed by atoms with van der Waals surface area (Å²) in [5.41, 5.74) is 3.03. The van der Waals surface area contributed by atoms with Crippen LogP contribution in [0.4, 0.5) is 0 Å². The molecule has 0 unspecified atom stereocenters. The average Bonchev–Trinajstić information content (AvgIpc) is 2.57. The number of halogens is 1. The number of aryl methyl sites for hydroxylation is 1. The second-order valence-corrected chi connectivity index (χ2v) is 5.88. The second kappa shape index (κ2) is 7.93. The van der Waals surface area contributed by atoms with Crippen LogP contribution in [0.15, 0.2) is 36.4 Å². The smallest absolute Gasteiger partial charge is 0.337 e. The molecule has 2 rings (SSSR count). The fraction of sp³-hybridized carbons (Fsp3) is 0.278. The fourth-order valence-electron chi connectivity index (χ4n) is 2.27. The Kier molecular flexibility index (Phi) is 5.93. The number of likely N-dealkylation sites (N-methyl/N-ethyl adjacent to an activating group) is 1. The minimum absolute atomic E-state index is 0.0146. The van der Waals surface area contributed by atoms with E-state index in [1.54, 1.807) is 30.1 Å². The minimum Gasteiger partial charge on any atom is -0.465 e. The van der Waals surface area contributed by atoms with Gasteiger partial charge in [0.05, 0.1) is 19.1 Å². The predicted octanol–water partition coefficient (Wildman–Crippen LogP) is 3.03. The van der Waals surface area contributed by atoms with E-state index in [9.17, 15) is 9.59 Å². The van der Waals surface area contributed by atoms with E-state index in [-0.39, 0.29) is 18.3 Å². The number of hydrogen-bond donors (Lipinski definition) is 0. The number of hydrogen-bond acceptors (Lipinski definition) is 4. The van der Waals surface area contributed by atoms with Gasteiger partial charge in [0.2, 0.25) is 5.91 Å². The molecule has 5 nitrogen and oxygen atoms in total. The third kappa shape index (κ3) is 4.55. The van der Waals surface area contributed by atoms with Gasteiger partial charge in [-0.1, -0.05) is 29.8 Å². The molecule has 0 saturated heterocycles. The van der Waals surface area contributed by atoms with Gasteiger partial charge in [0, 0.05) is 19.3 Å². The van der Waals surface area contributed by atoms with Crippen molar-refractivity contribution >= 4 is 23.5 Å². The minimum atomic E-state index is -0.378. The van der Waals surface area contributed by atoms with Gasteiger partial charge >= 0.3 is 5.97 Å². The highest BCUT2D eigenvalue weighted by atomic mass is 35.5. The summed E-state index contributed by atoms with van der Waals surface area (Å²) < 4.78 is 4.66. The molecule has 0 aliphatic carbocycles. The van der Waals surface area contributed by atoms with Crippen molar-refractivity contribution in [2.75, 3.05) is 14.2 Å². The van der Waals surface area contributed by atoms with Gasteiger partial charge in [0.1, 0.15) is 5.15 Å². The Balaban J connectivity index is 1.99. The zero-order valence-corrected chi connectivity index (χ0v) is 14.6. The summed E-state index contributed by atoms with van der Waals surface area (Å²) in [6, 6.07) is 10.5. The number of amides is 1. The second-order valence-electron chi connectivity index (χ2n) is 5.49. The van der Waals surface area contributed by atoms with Gasteiger partial charge in [-0.2, -0.15) is 0 Å². The molecule has 1 heterocycles. The lowest BCUT2D eigenvalue weighted by atomic mass is 10.1. The Labute approximate surface area is 146 Å². The van der Waals surface area contributed by atoms with Gasteiger partial charge in [0.15, 0.2) is 0 Å². The lowest BCUT2D eigenvalue weighted by Gasteiger charge is -2.18. The van der Waals surface area contributed by atoms with E-state index in [2.05, 4.69) is 9.72 Å². The van der Waals surface area contributed by atoms with E-state index in [0.29, 0.717) is 17.3 Å². The number of carbonyl (C=O) groups is 2. The summed E-state index contributed by atoms with van der Waals surface area (Å²) in [5, 5.41) is 0.419. The fourth-order valence-corrected chi connectivity index (χ4v) is 2.46. The van der Waals surface area contributed by atoms with Crippen molar-refractivity contribution in [2.45, 2.75) is 19.9 Å². The van der Waals surface area contributed by atoms with Crippen LogP contribution < -0.4 is 0 Å². The van der Waals surface area contributed by atoms with Crippen molar-refractivity contribution in [3.8, 4) is 0 Å². The van der Waals surface area contributed by atoms with Crippen LogP contribution >= 0.6 is 11.6 Å². The summed E-state index contributed by atoms with van der Waals surface area (Å²) in [6.07, 6.45) is 0.271. The summed E-state index contributed by atoms with van der Waals surface area (Å²) in [5.74, 6) is -0.393. The molecule has 1 amide bonds. The van der Waals surface area contributed by atoms with Crippen LogP contribution in [0.1, 0.15) is 27.2 Å². The molecule has 24 heavy (non-hydrogen) atoms. The van der Waals surface area contributed by atoms with Crippen LogP contribution in [0.2, 0.25) is 5.15 Å². The topological polar surface area (TPSA) is 59.5 Å². The van der Waals surface area contributed by atoms with Crippen molar-refractivity contribution in [3.05, 3.63) is 63.9 Å². The van der Waals surface area contributed by atoms with Gasteiger partial charge in [-0.15, -0.1) is 0 Å².